The molecule has 6 heteroatoms. The van der Waals surface area contributed by atoms with Crippen molar-refractivity contribution in [3.8, 4) is 0 Å². The fourth-order valence-electron chi connectivity index (χ4n) is 2.71. The van der Waals surface area contributed by atoms with Crippen LogP contribution in [-0.4, -0.2) is 42.8 Å². The Kier molecular flexibility index (Phi) is 4.07. The lowest BCUT2D eigenvalue weighted by atomic mass is 9.94. The van der Waals surface area contributed by atoms with Crippen LogP contribution in [0.4, 0.5) is 0 Å². The van der Waals surface area contributed by atoms with Crippen LogP contribution in [0.25, 0.3) is 0 Å². The van der Waals surface area contributed by atoms with Crippen LogP contribution in [0.15, 0.2) is 12.3 Å². The Hall–Kier alpha value is -0.880. The maximum absolute atomic E-state index is 11.5. The molecular formula is C12H21N3O2S. The summed E-state index contributed by atoms with van der Waals surface area (Å²) in [6, 6.07) is 2.29. The largest absolute Gasteiger partial charge is 0.317 e. The highest BCUT2D eigenvalue weighted by atomic mass is 32.2. The molecule has 1 saturated heterocycles. The van der Waals surface area contributed by atoms with Gasteiger partial charge in [0.2, 0.25) is 0 Å². The van der Waals surface area contributed by atoms with E-state index in [9.17, 15) is 8.42 Å². The van der Waals surface area contributed by atoms with Gasteiger partial charge in [-0.05, 0) is 38.3 Å². The van der Waals surface area contributed by atoms with Crippen molar-refractivity contribution in [2.24, 2.45) is 13.0 Å². The summed E-state index contributed by atoms with van der Waals surface area (Å²) < 4.78 is 24.9. The first-order valence-corrected chi connectivity index (χ1v) is 8.18. The Bertz CT molecular complexity index is 495. The average Bonchev–Trinajstić information content (AvgIpc) is 2.87. The van der Waals surface area contributed by atoms with Crippen molar-refractivity contribution in [1.82, 2.24) is 15.1 Å². The molecular weight excluding hydrogens is 250 g/mol. The minimum Gasteiger partial charge on any atom is -0.317 e. The highest BCUT2D eigenvalue weighted by molar-refractivity contribution is 7.91. The molecule has 2 atom stereocenters. The van der Waals surface area contributed by atoms with E-state index in [1.165, 1.54) is 5.69 Å². The molecule has 2 rings (SSSR count). The Balaban J connectivity index is 1.92. The zero-order valence-electron chi connectivity index (χ0n) is 11.0. The third-order valence-electron chi connectivity index (χ3n) is 3.84. The molecule has 1 aliphatic rings. The van der Waals surface area contributed by atoms with Crippen molar-refractivity contribution in [2.75, 3.05) is 18.6 Å². The van der Waals surface area contributed by atoms with E-state index in [-0.39, 0.29) is 12.0 Å². The molecule has 2 unspecified atom stereocenters. The monoisotopic (exact) mass is 271 g/mol. The van der Waals surface area contributed by atoms with Crippen LogP contribution in [0.2, 0.25) is 0 Å². The number of aryl methyl sites for hydroxylation is 2. The molecule has 5 nitrogen and oxygen atoms in total. The van der Waals surface area contributed by atoms with Gasteiger partial charge < -0.3 is 5.32 Å². The van der Waals surface area contributed by atoms with Crippen molar-refractivity contribution in [2.45, 2.75) is 25.3 Å². The third-order valence-corrected chi connectivity index (χ3v) is 5.64. The van der Waals surface area contributed by atoms with Crippen LogP contribution in [0.1, 0.15) is 18.5 Å². The summed E-state index contributed by atoms with van der Waals surface area (Å²) in [5, 5.41) is 7.41. The highest BCUT2D eigenvalue weighted by Gasteiger charge is 2.32. The van der Waals surface area contributed by atoms with E-state index in [4.69, 9.17) is 0 Å². The second-order valence-electron chi connectivity index (χ2n) is 5.04. The Labute approximate surface area is 108 Å². The quantitative estimate of drug-likeness (QED) is 0.840. The molecule has 2 heterocycles. The summed E-state index contributed by atoms with van der Waals surface area (Å²) in [5.74, 6) is 0.944. The summed E-state index contributed by atoms with van der Waals surface area (Å²) in [5.41, 5.74) is 1.19. The normalized spacial score (nSPS) is 24.2. The molecule has 0 bridgehead atoms. The molecule has 18 heavy (non-hydrogen) atoms. The van der Waals surface area contributed by atoms with E-state index in [0.29, 0.717) is 11.5 Å². The molecule has 0 radical (unpaired) electrons. The number of nitrogens with zero attached hydrogens (tertiary/aromatic N) is 2. The molecule has 1 aromatic heterocycles. The van der Waals surface area contributed by atoms with Crippen molar-refractivity contribution in [3.63, 3.8) is 0 Å². The standard InChI is InChI=1S/C12H21N3O2S/c1-13-12(10-6-8-18(16,17)9-10)4-3-11-5-7-14-15(11)2/h5,7,10,12-13H,3-4,6,8-9H2,1-2H3. The zero-order valence-corrected chi connectivity index (χ0v) is 11.8. The van der Waals surface area contributed by atoms with Gasteiger partial charge in [0.15, 0.2) is 9.84 Å². The van der Waals surface area contributed by atoms with Crippen LogP contribution in [0, 0.1) is 5.92 Å². The van der Waals surface area contributed by atoms with Crippen LogP contribution in [0.5, 0.6) is 0 Å². The van der Waals surface area contributed by atoms with E-state index < -0.39 is 9.84 Å². The fourth-order valence-corrected chi connectivity index (χ4v) is 4.59. The Morgan fingerprint density at radius 1 is 1.61 bits per heavy atom. The molecule has 1 fully saturated rings. The Morgan fingerprint density at radius 2 is 2.39 bits per heavy atom. The predicted molar refractivity (Wildman–Crippen MR) is 71.1 cm³/mol. The highest BCUT2D eigenvalue weighted by Crippen LogP contribution is 2.24. The van der Waals surface area contributed by atoms with E-state index in [0.717, 1.165) is 19.3 Å². The number of rotatable bonds is 5. The lowest BCUT2D eigenvalue weighted by Crippen LogP contribution is -2.34. The predicted octanol–water partition coefficient (Wildman–Crippen LogP) is 0.375. The van der Waals surface area contributed by atoms with Crippen LogP contribution in [-0.2, 0) is 23.3 Å². The molecule has 1 aliphatic heterocycles. The van der Waals surface area contributed by atoms with Gasteiger partial charge in [0.1, 0.15) is 0 Å². The van der Waals surface area contributed by atoms with Gasteiger partial charge in [0.05, 0.1) is 11.5 Å². The molecule has 1 aromatic rings. The van der Waals surface area contributed by atoms with Crippen molar-refractivity contribution < 1.29 is 8.42 Å². The van der Waals surface area contributed by atoms with Crippen molar-refractivity contribution >= 4 is 9.84 Å². The van der Waals surface area contributed by atoms with E-state index in [2.05, 4.69) is 10.4 Å². The number of hydrogen-bond donors (Lipinski definition) is 1. The van der Waals surface area contributed by atoms with Crippen LogP contribution < -0.4 is 5.32 Å². The lowest BCUT2D eigenvalue weighted by Gasteiger charge is -2.21. The summed E-state index contributed by atoms with van der Waals surface area (Å²) in [6.45, 7) is 0. The van der Waals surface area contributed by atoms with E-state index in [1.54, 1.807) is 6.20 Å². The molecule has 0 amide bonds. The number of hydrogen-bond acceptors (Lipinski definition) is 4. The first-order valence-electron chi connectivity index (χ1n) is 6.36. The summed E-state index contributed by atoms with van der Waals surface area (Å²) in [7, 11) is 1.06. The maximum atomic E-state index is 11.5. The van der Waals surface area contributed by atoms with Gasteiger partial charge in [-0.1, -0.05) is 0 Å². The Morgan fingerprint density at radius 3 is 2.89 bits per heavy atom. The number of sulfone groups is 1. The van der Waals surface area contributed by atoms with Gasteiger partial charge in [0.25, 0.3) is 0 Å². The fraction of sp³-hybridized carbons (Fsp3) is 0.750. The smallest absolute Gasteiger partial charge is 0.150 e. The number of nitrogens with one attached hydrogen (secondary N) is 1. The molecule has 0 aromatic carbocycles. The molecule has 0 saturated carbocycles. The summed E-state index contributed by atoms with van der Waals surface area (Å²) in [4.78, 5) is 0. The third kappa shape index (κ3) is 3.11. The maximum Gasteiger partial charge on any atom is 0.150 e. The average molecular weight is 271 g/mol. The van der Waals surface area contributed by atoms with Gasteiger partial charge in [-0.2, -0.15) is 5.10 Å². The van der Waals surface area contributed by atoms with Gasteiger partial charge in [-0.25, -0.2) is 8.42 Å². The minimum absolute atomic E-state index is 0.258. The van der Waals surface area contributed by atoms with E-state index in [1.807, 2.05) is 24.8 Å². The minimum atomic E-state index is -2.79. The van der Waals surface area contributed by atoms with Crippen LogP contribution >= 0.6 is 0 Å². The molecule has 1 N–H and O–H groups in total. The van der Waals surface area contributed by atoms with Gasteiger partial charge >= 0.3 is 0 Å². The molecule has 0 spiro atoms. The first kappa shape index (κ1) is 13.5. The second kappa shape index (κ2) is 5.40. The van der Waals surface area contributed by atoms with Crippen molar-refractivity contribution in [1.29, 1.82) is 0 Å². The second-order valence-corrected chi connectivity index (χ2v) is 7.27. The lowest BCUT2D eigenvalue weighted by molar-refractivity contribution is 0.381. The molecule has 102 valence electrons. The summed E-state index contributed by atoms with van der Waals surface area (Å²) >= 11 is 0. The van der Waals surface area contributed by atoms with Crippen molar-refractivity contribution in [3.05, 3.63) is 18.0 Å². The SMILES string of the molecule is CNC(CCc1ccnn1C)C1CCS(=O)(=O)C1. The van der Waals surface area contributed by atoms with Gasteiger partial charge in [-0.3, -0.25) is 4.68 Å². The summed E-state index contributed by atoms with van der Waals surface area (Å²) in [6.07, 6.45) is 4.47. The zero-order chi connectivity index (χ0) is 13.2. The molecule has 0 aliphatic carbocycles. The van der Waals surface area contributed by atoms with Gasteiger partial charge in [0, 0.05) is 25.0 Å². The number of aromatic nitrogens is 2. The van der Waals surface area contributed by atoms with E-state index >= 15 is 0 Å². The van der Waals surface area contributed by atoms with Crippen LogP contribution in [0.3, 0.4) is 0 Å². The van der Waals surface area contributed by atoms with Gasteiger partial charge in [-0.15, -0.1) is 0 Å². The topological polar surface area (TPSA) is 64.0 Å². The first-order chi connectivity index (χ1) is 8.52.